The number of hydrogen-bond donors (Lipinski definition) is 1. The molecule has 0 bridgehead atoms. The third kappa shape index (κ3) is 4.64. The number of amides is 1. The van der Waals surface area contributed by atoms with Crippen LogP contribution in [0.15, 0.2) is 0 Å². The molecule has 1 amide bonds. The van der Waals surface area contributed by atoms with Gasteiger partial charge in [-0.2, -0.15) is 12.7 Å². The molecule has 2 rings (SSSR count). The lowest BCUT2D eigenvalue weighted by atomic mass is 9.98. The van der Waals surface area contributed by atoms with Gasteiger partial charge in [-0.05, 0) is 32.7 Å². The first-order valence-electron chi connectivity index (χ1n) is 7.52. The average Bonchev–Trinajstić information content (AvgIpc) is 3.27. The first-order chi connectivity index (χ1) is 9.79. The maximum Gasteiger partial charge on any atom is 0.276 e. The number of piperidine rings is 1. The minimum Gasteiger partial charge on any atom is -0.344 e. The molecule has 2 aliphatic rings. The topological polar surface area (TPSA) is 86.9 Å². The molecule has 122 valence electrons. The molecule has 1 heterocycles. The van der Waals surface area contributed by atoms with E-state index in [4.69, 9.17) is 5.14 Å². The van der Waals surface area contributed by atoms with Crippen LogP contribution in [0, 0.1) is 5.92 Å². The maximum atomic E-state index is 12.4. The molecule has 7 nitrogen and oxygen atoms in total. The summed E-state index contributed by atoms with van der Waals surface area (Å²) in [4.78, 5) is 16.4. The predicted octanol–water partition coefficient (Wildman–Crippen LogP) is -0.545. The molecule has 0 aromatic carbocycles. The van der Waals surface area contributed by atoms with Crippen molar-refractivity contribution in [2.45, 2.75) is 31.7 Å². The van der Waals surface area contributed by atoms with E-state index in [0.717, 1.165) is 13.0 Å². The Morgan fingerprint density at radius 3 is 2.48 bits per heavy atom. The molecule has 1 atom stereocenters. The highest BCUT2D eigenvalue weighted by Crippen LogP contribution is 2.25. The fourth-order valence-corrected chi connectivity index (χ4v) is 3.57. The summed E-state index contributed by atoms with van der Waals surface area (Å²) in [5.74, 6) is -0.249. The van der Waals surface area contributed by atoms with Crippen LogP contribution in [0.4, 0.5) is 0 Å². The van der Waals surface area contributed by atoms with Crippen molar-refractivity contribution in [2.75, 3.05) is 40.3 Å². The summed E-state index contributed by atoms with van der Waals surface area (Å²) in [6.45, 7) is 2.16. The van der Waals surface area contributed by atoms with Crippen molar-refractivity contribution < 1.29 is 13.2 Å². The summed E-state index contributed by atoms with van der Waals surface area (Å²) in [7, 11) is 0.181. The Bertz CT molecular complexity index is 478. The molecule has 1 saturated heterocycles. The Kier molecular flexibility index (Phi) is 5.24. The largest absolute Gasteiger partial charge is 0.344 e. The lowest BCUT2D eigenvalue weighted by Crippen LogP contribution is -2.48. The predicted molar refractivity (Wildman–Crippen MR) is 80.7 cm³/mol. The minimum absolute atomic E-state index is 0.0209. The van der Waals surface area contributed by atoms with Crippen LogP contribution in [0.25, 0.3) is 0 Å². The van der Waals surface area contributed by atoms with Gasteiger partial charge in [-0.25, -0.2) is 5.14 Å². The second-order valence-corrected chi connectivity index (χ2v) is 7.76. The Labute approximate surface area is 127 Å². The molecule has 0 unspecified atom stereocenters. The van der Waals surface area contributed by atoms with Crippen molar-refractivity contribution in [1.29, 1.82) is 0 Å². The Morgan fingerprint density at radius 2 is 1.90 bits per heavy atom. The molecule has 1 saturated carbocycles. The number of carbonyl (C=O) groups is 1. The molecular formula is C13H26N4O3S. The highest BCUT2D eigenvalue weighted by atomic mass is 32.2. The SMILES string of the molecule is CN(CCN(C)C1CC1)C(=O)[C@@H]1CCCN(S(N)(=O)=O)C1. The van der Waals surface area contributed by atoms with Crippen molar-refractivity contribution in [3.05, 3.63) is 0 Å². The second-order valence-electron chi connectivity index (χ2n) is 6.21. The zero-order valence-electron chi connectivity index (χ0n) is 12.9. The van der Waals surface area contributed by atoms with Gasteiger partial charge in [0.1, 0.15) is 0 Å². The smallest absolute Gasteiger partial charge is 0.276 e. The van der Waals surface area contributed by atoms with Gasteiger partial charge >= 0.3 is 0 Å². The van der Waals surface area contributed by atoms with Gasteiger partial charge in [0, 0.05) is 39.3 Å². The van der Waals surface area contributed by atoms with Crippen LogP contribution in [-0.4, -0.2) is 74.7 Å². The molecule has 8 heteroatoms. The van der Waals surface area contributed by atoms with Crippen LogP contribution in [-0.2, 0) is 15.0 Å². The van der Waals surface area contributed by atoms with Gasteiger partial charge in [0.15, 0.2) is 0 Å². The number of nitrogens with two attached hydrogens (primary N) is 1. The quantitative estimate of drug-likeness (QED) is 0.712. The molecule has 0 radical (unpaired) electrons. The van der Waals surface area contributed by atoms with E-state index < -0.39 is 10.2 Å². The summed E-state index contributed by atoms with van der Waals surface area (Å²) in [6.07, 6.45) is 3.91. The lowest BCUT2D eigenvalue weighted by molar-refractivity contribution is -0.135. The van der Waals surface area contributed by atoms with E-state index in [1.807, 2.05) is 0 Å². The summed E-state index contributed by atoms with van der Waals surface area (Å²) in [6, 6.07) is 0.682. The number of likely N-dealkylation sites (N-methyl/N-ethyl adjacent to an activating group) is 2. The van der Waals surface area contributed by atoms with E-state index in [-0.39, 0.29) is 18.4 Å². The molecule has 1 aliphatic carbocycles. The normalized spacial score (nSPS) is 24.3. The number of carbonyl (C=O) groups excluding carboxylic acids is 1. The molecule has 0 aromatic heterocycles. The standard InChI is InChI=1S/C13H26N4O3S/c1-15(12-5-6-12)8-9-16(2)13(18)11-4-3-7-17(10-11)21(14,19)20/h11-12H,3-10H2,1-2H3,(H2,14,19,20)/t11-/m1/s1. The van der Waals surface area contributed by atoms with Crippen LogP contribution < -0.4 is 5.14 Å². The van der Waals surface area contributed by atoms with E-state index in [1.165, 1.54) is 17.1 Å². The first-order valence-corrected chi connectivity index (χ1v) is 9.02. The van der Waals surface area contributed by atoms with Gasteiger partial charge in [-0.3, -0.25) is 4.79 Å². The van der Waals surface area contributed by atoms with Crippen LogP contribution in [0.5, 0.6) is 0 Å². The highest BCUT2D eigenvalue weighted by molar-refractivity contribution is 7.86. The monoisotopic (exact) mass is 318 g/mol. The van der Waals surface area contributed by atoms with E-state index >= 15 is 0 Å². The third-order valence-electron chi connectivity index (χ3n) is 4.43. The fraction of sp³-hybridized carbons (Fsp3) is 0.923. The first kappa shape index (κ1) is 16.7. The van der Waals surface area contributed by atoms with Gasteiger partial charge in [0.2, 0.25) is 5.91 Å². The summed E-state index contributed by atoms with van der Waals surface area (Å²) >= 11 is 0. The van der Waals surface area contributed by atoms with Crippen LogP contribution in [0.3, 0.4) is 0 Å². The lowest BCUT2D eigenvalue weighted by Gasteiger charge is -2.32. The van der Waals surface area contributed by atoms with Crippen molar-refractivity contribution in [3.63, 3.8) is 0 Å². The Hall–Kier alpha value is -0.700. The molecule has 1 aliphatic heterocycles. The molecule has 0 aromatic rings. The van der Waals surface area contributed by atoms with Crippen molar-refractivity contribution in [2.24, 2.45) is 11.1 Å². The summed E-state index contributed by atoms with van der Waals surface area (Å²) in [5.41, 5.74) is 0. The number of rotatable bonds is 6. The summed E-state index contributed by atoms with van der Waals surface area (Å²) in [5, 5.41) is 5.15. The zero-order chi connectivity index (χ0) is 15.6. The Morgan fingerprint density at radius 1 is 1.24 bits per heavy atom. The fourth-order valence-electron chi connectivity index (χ4n) is 2.80. The van der Waals surface area contributed by atoms with E-state index in [0.29, 0.717) is 25.6 Å². The minimum atomic E-state index is -3.69. The number of nitrogens with zero attached hydrogens (tertiary/aromatic N) is 3. The van der Waals surface area contributed by atoms with Gasteiger partial charge in [-0.1, -0.05) is 0 Å². The van der Waals surface area contributed by atoms with E-state index in [1.54, 1.807) is 11.9 Å². The van der Waals surface area contributed by atoms with Gasteiger partial charge in [0.05, 0.1) is 5.92 Å². The Balaban J connectivity index is 1.83. The van der Waals surface area contributed by atoms with Gasteiger partial charge in [0.25, 0.3) is 10.2 Å². The highest BCUT2D eigenvalue weighted by Gasteiger charge is 2.32. The molecule has 2 N–H and O–H groups in total. The molecule has 21 heavy (non-hydrogen) atoms. The van der Waals surface area contributed by atoms with E-state index in [9.17, 15) is 13.2 Å². The number of hydrogen-bond acceptors (Lipinski definition) is 4. The van der Waals surface area contributed by atoms with Gasteiger partial charge in [-0.15, -0.1) is 0 Å². The van der Waals surface area contributed by atoms with Crippen LogP contribution in [0.2, 0.25) is 0 Å². The van der Waals surface area contributed by atoms with Crippen molar-refractivity contribution in [1.82, 2.24) is 14.1 Å². The summed E-state index contributed by atoms with van der Waals surface area (Å²) < 4.78 is 24.0. The third-order valence-corrected chi connectivity index (χ3v) is 5.48. The zero-order valence-corrected chi connectivity index (χ0v) is 13.7. The molecule has 0 spiro atoms. The maximum absolute atomic E-state index is 12.4. The van der Waals surface area contributed by atoms with Crippen LogP contribution in [0.1, 0.15) is 25.7 Å². The molecule has 2 fully saturated rings. The van der Waals surface area contributed by atoms with Crippen molar-refractivity contribution >= 4 is 16.1 Å². The van der Waals surface area contributed by atoms with Crippen molar-refractivity contribution in [3.8, 4) is 0 Å². The average molecular weight is 318 g/mol. The molecular weight excluding hydrogens is 292 g/mol. The second kappa shape index (κ2) is 6.60. The van der Waals surface area contributed by atoms with E-state index in [2.05, 4.69) is 11.9 Å². The van der Waals surface area contributed by atoms with Gasteiger partial charge < -0.3 is 9.80 Å². The van der Waals surface area contributed by atoms with Crippen LogP contribution >= 0.6 is 0 Å².